The van der Waals surface area contributed by atoms with Gasteiger partial charge in [0.1, 0.15) is 11.5 Å². The summed E-state index contributed by atoms with van der Waals surface area (Å²) in [5, 5.41) is 23.1. The van der Waals surface area contributed by atoms with Crippen molar-refractivity contribution in [2.45, 2.75) is 19.5 Å². The standard InChI is InChI=1S/C17H22N2O2/c1-12(17-15(20)8-5-9-16(17)21)18-14-7-4-6-13(10-14)11-19(2)3/h4-10,12,18,20-21H,11H2,1-3H3. The monoisotopic (exact) mass is 286 g/mol. The molecule has 0 saturated carbocycles. The number of hydrogen-bond acceptors (Lipinski definition) is 4. The van der Waals surface area contributed by atoms with Gasteiger partial charge in [0.05, 0.1) is 11.6 Å². The summed E-state index contributed by atoms with van der Waals surface area (Å²) in [7, 11) is 4.06. The van der Waals surface area contributed by atoms with Gasteiger partial charge in [0, 0.05) is 12.2 Å². The molecule has 0 amide bonds. The van der Waals surface area contributed by atoms with E-state index in [1.54, 1.807) is 18.2 Å². The van der Waals surface area contributed by atoms with Crippen molar-refractivity contribution in [3.8, 4) is 11.5 Å². The van der Waals surface area contributed by atoms with Crippen LogP contribution < -0.4 is 5.32 Å². The van der Waals surface area contributed by atoms with Crippen LogP contribution in [-0.2, 0) is 6.54 Å². The first-order valence-electron chi connectivity index (χ1n) is 6.98. The second-order valence-electron chi connectivity index (χ2n) is 5.51. The summed E-state index contributed by atoms with van der Waals surface area (Å²) < 4.78 is 0. The molecule has 0 aliphatic rings. The molecule has 0 aromatic heterocycles. The highest BCUT2D eigenvalue weighted by Gasteiger charge is 2.14. The number of nitrogens with one attached hydrogen (secondary N) is 1. The SMILES string of the molecule is CC(Nc1cccc(CN(C)C)c1)c1c(O)cccc1O. The van der Waals surface area contributed by atoms with Crippen LogP contribution >= 0.6 is 0 Å². The number of benzene rings is 2. The van der Waals surface area contributed by atoms with Crippen LogP contribution in [0.3, 0.4) is 0 Å². The fourth-order valence-electron chi connectivity index (χ4n) is 2.43. The number of phenolic OH excluding ortho intramolecular Hbond substituents is 2. The molecule has 2 rings (SSSR count). The van der Waals surface area contributed by atoms with Crippen molar-refractivity contribution in [3.05, 3.63) is 53.6 Å². The summed E-state index contributed by atoms with van der Waals surface area (Å²) in [5.74, 6) is 0.193. The quantitative estimate of drug-likeness (QED) is 0.789. The Balaban J connectivity index is 2.18. The zero-order valence-electron chi connectivity index (χ0n) is 12.7. The van der Waals surface area contributed by atoms with E-state index in [2.05, 4.69) is 22.3 Å². The molecular weight excluding hydrogens is 264 g/mol. The Kier molecular flexibility index (Phi) is 4.70. The van der Waals surface area contributed by atoms with Crippen LogP contribution in [0.2, 0.25) is 0 Å². The lowest BCUT2D eigenvalue weighted by molar-refractivity contribution is 0.402. The van der Waals surface area contributed by atoms with Crippen molar-refractivity contribution >= 4 is 5.69 Å². The van der Waals surface area contributed by atoms with Crippen molar-refractivity contribution in [2.24, 2.45) is 0 Å². The van der Waals surface area contributed by atoms with E-state index in [1.807, 2.05) is 33.2 Å². The minimum atomic E-state index is -0.194. The van der Waals surface area contributed by atoms with Gasteiger partial charge in [0.15, 0.2) is 0 Å². The van der Waals surface area contributed by atoms with Gasteiger partial charge in [-0.25, -0.2) is 0 Å². The van der Waals surface area contributed by atoms with Crippen LogP contribution in [0, 0.1) is 0 Å². The summed E-state index contributed by atoms with van der Waals surface area (Å²) in [5.41, 5.74) is 2.68. The molecule has 0 aliphatic carbocycles. The molecule has 1 atom stereocenters. The van der Waals surface area contributed by atoms with Crippen LogP contribution in [-0.4, -0.2) is 29.2 Å². The topological polar surface area (TPSA) is 55.7 Å². The Morgan fingerprint density at radius 3 is 2.29 bits per heavy atom. The van der Waals surface area contributed by atoms with Crippen LogP contribution in [0.5, 0.6) is 11.5 Å². The van der Waals surface area contributed by atoms with Crippen molar-refractivity contribution in [1.29, 1.82) is 0 Å². The fourth-order valence-corrected chi connectivity index (χ4v) is 2.43. The molecule has 4 heteroatoms. The molecule has 0 saturated heterocycles. The van der Waals surface area contributed by atoms with Crippen molar-refractivity contribution in [2.75, 3.05) is 19.4 Å². The Bertz CT molecular complexity index is 591. The highest BCUT2D eigenvalue weighted by molar-refractivity contribution is 5.52. The third-order valence-electron chi connectivity index (χ3n) is 3.30. The lowest BCUT2D eigenvalue weighted by Crippen LogP contribution is -2.11. The maximum absolute atomic E-state index is 9.91. The maximum atomic E-state index is 9.91. The number of aromatic hydroxyl groups is 2. The molecule has 1 unspecified atom stereocenters. The molecule has 0 fully saturated rings. The predicted molar refractivity (Wildman–Crippen MR) is 85.6 cm³/mol. The third kappa shape index (κ3) is 3.89. The van der Waals surface area contributed by atoms with Gasteiger partial charge in [-0.05, 0) is 50.8 Å². The van der Waals surface area contributed by atoms with Gasteiger partial charge in [0.25, 0.3) is 0 Å². The third-order valence-corrected chi connectivity index (χ3v) is 3.30. The average Bonchev–Trinajstić information content (AvgIpc) is 2.37. The number of anilines is 1. The van der Waals surface area contributed by atoms with Crippen LogP contribution in [0.15, 0.2) is 42.5 Å². The highest BCUT2D eigenvalue weighted by Crippen LogP contribution is 2.34. The molecule has 21 heavy (non-hydrogen) atoms. The van der Waals surface area contributed by atoms with Crippen molar-refractivity contribution < 1.29 is 10.2 Å². The summed E-state index contributed by atoms with van der Waals surface area (Å²) in [6.07, 6.45) is 0. The summed E-state index contributed by atoms with van der Waals surface area (Å²) in [4.78, 5) is 2.11. The largest absolute Gasteiger partial charge is 0.507 e. The smallest absolute Gasteiger partial charge is 0.124 e. The van der Waals surface area contributed by atoms with Gasteiger partial charge in [-0.2, -0.15) is 0 Å². The molecule has 4 nitrogen and oxygen atoms in total. The normalized spacial score (nSPS) is 12.4. The van der Waals surface area contributed by atoms with E-state index >= 15 is 0 Å². The van der Waals surface area contributed by atoms with Gasteiger partial charge in [-0.15, -0.1) is 0 Å². The van der Waals surface area contributed by atoms with Gasteiger partial charge < -0.3 is 20.4 Å². The molecule has 0 radical (unpaired) electrons. The Morgan fingerprint density at radius 2 is 1.67 bits per heavy atom. The number of phenols is 2. The molecule has 2 aromatic carbocycles. The van der Waals surface area contributed by atoms with E-state index in [9.17, 15) is 10.2 Å². The molecule has 2 aromatic rings. The molecule has 0 spiro atoms. The van der Waals surface area contributed by atoms with Gasteiger partial charge in [-0.1, -0.05) is 18.2 Å². The molecule has 0 aliphatic heterocycles. The minimum Gasteiger partial charge on any atom is -0.507 e. The van der Waals surface area contributed by atoms with Gasteiger partial charge >= 0.3 is 0 Å². The van der Waals surface area contributed by atoms with E-state index < -0.39 is 0 Å². The minimum absolute atomic E-state index is 0.0967. The average molecular weight is 286 g/mol. The first-order chi connectivity index (χ1) is 9.97. The molecule has 3 N–H and O–H groups in total. The Morgan fingerprint density at radius 1 is 1.05 bits per heavy atom. The Hall–Kier alpha value is -2.20. The number of rotatable bonds is 5. The van der Waals surface area contributed by atoms with Gasteiger partial charge in [-0.3, -0.25) is 0 Å². The van der Waals surface area contributed by atoms with E-state index in [1.165, 1.54) is 5.56 Å². The fraction of sp³-hybridized carbons (Fsp3) is 0.294. The first kappa shape index (κ1) is 15.2. The second kappa shape index (κ2) is 6.50. The van der Waals surface area contributed by atoms with E-state index in [-0.39, 0.29) is 17.5 Å². The summed E-state index contributed by atoms with van der Waals surface area (Å²) in [6, 6.07) is 12.7. The zero-order chi connectivity index (χ0) is 15.4. The molecule has 0 bridgehead atoms. The van der Waals surface area contributed by atoms with E-state index in [0.29, 0.717) is 5.56 Å². The molecule has 112 valence electrons. The van der Waals surface area contributed by atoms with Crippen LogP contribution in [0.4, 0.5) is 5.69 Å². The van der Waals surface area contributed by atoms with Crippen molar-refractivity contribution in [1.82, 2.24) is 4.90 Å². The van der Waals surface area contributed by atoms with Crippen LogP contribution in [0.1, 0.15) is 24.1 Å². The summed E-state index contributed by atoms with van der Waals surface area (Å²) in [6.45, 7) is 2.78. The van der Waals surface area contributed by atoms with Crippen molar-refractivity contribution in [3.63, 3.8) is 0 Å². The predicted octanol–water partition coefficient (Wildman–Crippen LogP) is 3.33. The lowest BCUT2D eigenvalue weighted by Gasteiger charge is -2.19. The second-order valence-corrected chi connectivity index (χ2v) is 5.51. The number of hydrogen-bond donors (Lipinski definition) is 3. The summed E-state index contributed by atoms with van der Waals surface area (Å²) >= 11 is 0. The highest BCUT2D eigenvalue weighted by atomic mass is 16.3. The Labute approximate surface area is 125 Å². The maximum Gasteiger partial charge on any atom is 0.124 e. The van der Waals surface area contributed by atoms with Crippen LogP contribution in [0.25, 0.3) is 0 Å². The zero-order valence-corrected chi connectivity index (χ0v) is 12.7. The number of nitrogens with zero attached hydrogens (tertiary/aromatic N) is 1. The van der Waals surface area contributed by atoms with Gasteiger partial charge in [0.2, 0.25) is 0 Å². The first-order valence-corrected chi connectivity index (χ1v) is 6.98. The van der Waals surface area contributed by atoms with E-state index in [0.717, 1.165) is 12.2 Å². The molecule has 0 heterocycles. The lowest BCUT2D eigenvalue weighted by atomic mass is 10.1. The van der Waals surface area contributed by atoms with E-state index in [4.69, 9.17) is 0 Å². The molecular formula is C17H22N2O2.